The molecule has 92 valence electrons. The van der Waals surface area contributed by atoms with E-state index in [0.717, 1.165) is 5.70 Å². The van der Waals surface area contributed by atoms with Gasteiger partial charge in [-0.25, -0.2) is 4.68 Å². The largest absolute Gasteiger partial charge is 0.467 e. The molecule has 0 fully saturated rings. The molecule has 0 amide bonds. The van der Waals surface area contributed by atoms with Crippen molar-refractivity contribution in [3.63, 3.8) is 0 Å². The van der Waals surface area contributed by atoms with Gasteiger partial charge in [0, 0.05) is 11.3 Å². The van der Waals surface area contributed by atoms with Gasteiger partial charge in [-0.3, -0.25) is 4.79 Å². The summed E-state index contributed by atoms with van der Waals surface area (Å²) in [5, 5.41) is 7.23. The highest BCUT2D eigenvalue weighted by atomic mass is 16.3. The molecule has 1 atom stereocenters. The van der Waals surface area contributed by atoms with Gasteiger partial charge >= 0.3 is 0 Å². The number of carbonyl (C=O) groups is 1. The zero-order valence-corrected chi connectivity index (χ0v) is 10.0. The summed E-state index contributed by atoms with van der Waals surface area (Å²) in [6.07, 6.45) is 3.04. The highest BCUT2D eigenvalue weighted by molar-refractivity contribution is 5.96. The number of anilines is 1. The van der Waals surface area contributed by atoms with E-state index in [0.29, 0.717) is 17.3 Å². The topological polar surface area (TPSA) is 73.0 Å². The van der Waals surface area contributed by atoms with Gasteiger partial charge in [0.15, 0.2) is 5.78 Å². The van der Waals surface area contributed by atoms with Crippen LogP contribution in [-0.4, -0.2) is 20.5 Å². The molecular weight excluding hydrogens is 232 g/mol. The van der Waals surface area contributed by atoms with Gasteiger partial charge in [0.1, 0.15) is 18.1 Å². The highest BCUT2D eigenvalue weighted by Gasteiger charge is 2.33. The molecule has 1 aliphatic heterocycles. The Hall–Kier alpha value is -2.37. The van der Waals surface area contributed by atoms with Gasteiger partial charge in [0.25, 0.3) is 0 Å². The third-order valence-corrected chi connectivity index (χ3v) is 2.99. The molecule has 0 saturated carbocycles. The van der Waals surface area contributed by atoms with E-state index in [9.17, 15) is 4.79 Å². The van der Waals surface area contributed by atoms with Crippen molar-refractivity contribution in [3.8, 4) is 0 Å². The Morgan fingerprint density at radius 3 is 3.06 bits per heavy atom. The average Bonchev–Trinajstić information content (AvgIpc) is 2.96. The van der Waals surface area contributed by atoms with Gasteiger partial charge in [0.2, 0.25) is 5.95 Å². The first-order chi connectivity index (χ1) is 8.68. The fourth-order valence-electron chi connectivity index (χ4n) is 2.26. The second-order valence-electron chi connectivity index (χ2n) is 4.17. The number of aromatic nitrogens is 3. The maximum absolute atomic E-state index is 11.8. The molecule has 3 heterocycles. The normalized spacial score (nSPS) is 18.4. The van der Waals surface area contributed by atoms with Gasteiger partial charge < -0.3 is 9.73 Å². The Kier molecular flexibility index (Phi) is 2.29. The van der Waals surface area contributed by atoms with Crippen molar-refractivity contribution >= 4 is 11.7 Å². The number of ketones is 1. The molecule has 0 radical (unpaired) electrons. The lowest BCUT2D eigenvalue weighted by Crippen LogP contribution is -2.27. The summed E-state index contributed by atoms with van der Waals surface area (Å²) in [7, 11) is 0. The van der Waals surface area contributed by atoms with E-state index in [1.54, 1.807) is 23.9 Å². The zero-order chi connectivity index (χ0) is 12.7. The molecule has 18 heavy (non-hydrogen) atoms. The van der Waals surface area contributed by atoms with Crippen LogP contribution in [0.1, 0.15) is 25.6 Å². The van der Waals surface area contributed by atoms with E-state index < -0.39 is 0 Å². The fourth-order valence-corrected chi connectivity index (χ4v) is 2.26. The van der Waals surface area contributed by atoms with Crippen molar-refractivity contribution in [1.82, 2.24) is 14.8 Å². The molecule has 0 aliphatic carbocycles. The molecule has 0 bridgehead atoms. The summed E-state index contributed by atoms with van der Waals surface area (Å²) in [6, 6.07) is 3.27. The fraction of sp³-hybridized carbons (Fsp3) is 0.250. The lowest BCUT2D eigenvalue weighted by Gasteiger charge is -2.26. The van der Waals surface area contributed by atoms with Crippen LogP contribution in [0.3, 0.4) is 0 Å². The summed E-state index contributed by atoms with van der Waals surface area (Å²) in [5.41, 5.74) is 1.42. The van der Waals surface area contributed by atoms with Gasteiger partial charge in [-0.15, -0.1) is 0 Å². The van der Waals surface area contributed by atoms with E-state index in [1.165, 1.54) is 6.33 Å². The Bertz CT molecular complexity index is 624. The Balaban J connectivity index is 2.21. The Morgan fingerprint density at radius 2 is 2.39 bits per heavy atom. The molecule has 3 rings (SSSR count). The molecular formula is C12H12N4O2. The van der Waals surface area contributed by atoms with Crippen molar-refractivity contribution < 1.29 is 9.21 Å². The lowest BCUT2D eigenvalue weighted by atomic mass is 9.98. The molecule has 1 aliphatic rings. The van der Waals surface area contributed by atoms with Crippen molar-refractivity contribution in [1.29, 1.82) is 0 Å². The van der Waals surface area contributed by atoms with Crippen molar-refractivity contribution in [3.05, 3.63) is 41.8 Å². The molecule has 0 saturated heterocycles. The predicted molar refractivity (Wildman–Crippen MR) is 63.9 cm³/mol. The van der Waals surface area contributed by atoms with E-state index in [1.807, 2.05) is 13.0 Å². The van der Waals surface area contributed by atoms with Gasteiger partial charge in [-0.05, 0) is 26.0 Å². The van der Waals surface area contributed by atoms with Gasteiger partial charge in [-0.2, -0.15) is 10.1 Å². The first-order valence-corrected chi connectivity index (χ1v) is 5.60. The summed E-state index contributed by atoms with van der Waals surface area (Å²) >= 11 is 0. The highest BCUT2D eigenvalue weighted by Crippen LogP contribution is 2.34. The predicted octanol–water partition coefficient (Wildman–Crippen LogP) is 1.75. The van der Waals surface area contributed by atoms with Crippen LogP contribution in [0, 0.1) is 0 Å². The molecule has 2 aromatic heterocycles. The Morgan fingerprint density at radius 1 is 1.56 bits per heavy atom. The van der Waals surface area contributed by atoms with Crippen LogP contribution in [-0.2, 0) is 4.79 Å². The molecule has 0 unspecified atom stereocenters. The quantitative estimate of drug-likeness (QED) is 0.871. The first kappa shape index (κ1) is 10.8. The minimum Gasteiger partial charge on any atom is -0.467 e. The van der Waals surface area contributed by atoms with Crippen LogP contribution in [0.5, 0.6) is 0 Å². The third kappa shape index (κ3) is 1.46. The second kappa shape index (κ2) is 3.83. The molecule has 2 aromatic rings. The number of nitrogens with one attached hydrogen (secondary N) is 1. The zero-order valence-electron chi connectivity index (χ0n) is 10.0. The van der Waals surface area contributed by atoms with Crippen molar-refractivity contribution in [2.24, 2.45) is 0 Å². The number of allylic oxidation sites excluding steroid dienone is 2. The number of Topliss-reactive ketones (excluding diaryl/α,β-unsaturated/α-hetero) is 1. The molecule has 0 spiro atoms. The summed E-state index contributed by atoms with van der Waals surface area (Å²) < 4.78 is 7.08. The van der Waals surface area contributed by atoms with Crippen LogP contribution in [0.15, 0.2) is 40.4 Å². The summed E-state index contributed by atoms with van der Waals surface area (Å²) in [5.74, 6) is 1.27. The third-order valence-electron chi connectivity index (χ3n) is 2.99. The summed E-state index contributed by atoms with van der Waals surface area (Å²) in [6.45, 7) is 3.39. The number of fused-ring (bicyclic) bond motifs is 1. The second-order valence-corrected chi connectivity index (χ2v) is 4.17. The van der Waals surface area contributed by atoms with E-state index in [-0.39, 0.29) is 11.8 Å². The number of carbonyl (C=O) groups excluding carboxylic acids is 1. The van der Waals surface area contributed by atoms with Gasteiger partial charge in [-0.1, -0.05) is 0 Å². The van der Waals surface area contributed by atoms with Crippen molar-refractivity contribution in [2.75, 3.05) is 5.32 Å². The number of furan rings is 1. The standard InChI is InChI=1S/C12H12N4O2/c1-7-10(8(2)17)11(9-4-3-5-18-9)16-12(15-7)13-6-14-16/h3-6,11H,1-2H3,(H,13,14,15)/t11-/m0/s1. The van der Waals surface area contributed by atoms with Crippen LogP contribution < -0.4 is 5.32 Å². The van der Waals surface area contributed by atoms with E-state index >= 15 is 0 Å². The minimum atomic E-state index is -0.351. The number of rotatable bonds is 2. The minimum absolute atomic E-state index is 0.0115. The SMILES string of the molecule is CC(=O)C1=C(C)Nc2ncnn2[C@H]1c1ccco1. The average molecular weight is 244 g/mol. The maximum atomic E-state index is 11.8. The molecule has 1 N–H and O–H groups in total. The number of nitrogens with zero attached hydrogens (tertiary/aromatic N) is 3. The number of hydrogen-bond donors (Lipinski definition) is 1. The maximum Gasteiger partial charge on any atom is 0.226 e. The Labute approximate surface area is 103 Å². The lowest BCUT2D eigenvalue weighted by molar-refractivity contribution is -0.114. The van der Waals surface area contributed by atoms with Crippen LogP contribution in [0.25, 0.3) is 0 Å². The molecule has 6 nitrogen and oxygen atoms in total. The van der Waals surface area contributed by atoms with Crippen LogP contribution in [0.4, 0.5) is 5.95 Å². The van der Waals surface area contributed by atoms with Crippen molar-refractivity contribution in [2.45, 2.75) is 19.9 Å². The van der Waals surface area contributed by atoms with E-state index in [4.69, 9.17) is 4.42 Å². The van der Waals surface area contributed by atoms with Gasteiger partial charge in [0.05, 0.1) is 6.26 Å². The molecule has 6 heteroatoms. The molecule has 0 aromatic carbocycles. The van der Waals surface area contributed by atoms with Crippen LogP contribution in [0.2, 0.25) is 0 Å². The monoisotopic (exact) mass is 244 g/mol. The van der Waals surface area contributed by atoms with Crippen LogP contribution >= 0.6 is 0 Å². The first-order valence-electron chi connectivity index (χ1n) is 5.60. The smallest absolute Gasteiger partial charge is 0.226 e. The van der Waals surface area contributed by atoms with E-state index in [2.05, 4.69) is 15.4 Å². The summed E-state index contributed by atoms with van der Waals surface area (Å²) in [4.78, 5) is 16.0. The number of hydrogen-bond acceptors (Lipinski definition) is 5.